The lowest BCUT2D eigenvalue weighted by Gasteiger charge is -2.39. The van der Waals surface area contributed by atoms with Gasteiger partial charge in [0.25, 0.3) is 5.91 Å². The fourth-order valence-corrected chi connectivity index (χ4v) is 9.58. The third kappa shape index (κ3) is 8.73. The predicted molar refractivity (Wildman–Crippen MR) is 223 cm³/mol. The van der Waals surface area contributed by atoms with E-state index in [4.69, 9.17) is 5.10 Å². The number of anilines is 1. The molecule has 8 rings (SSSR count). The molecule has 1 saturated carbocycles. The second-order valence-electron chi connectivity index (χ2n) is 17.6. The fraction of sp³-hybridized carbons (Fsp3) is 0.500. The molecule has 2 aromatic carbocycles. The molecular weight excluding hydrogens is 792 g/mol. The van der Waals surface area contributed by atoms with Crippen molar-refractivity contribution in [3.8, 4) is 0 Å². The van der Waals surface area contributed by atoms with Gasteiger partial charge in [-0.25, -0.2) is 9.78 Å². The third-order valence-electron chi connectivity index (χ3n) is 12.9. The smallest absolute Gasteiger partial charge is 0.386 e. The minimum Gasteiger partial charge on any atom is -0.386 e. The first kappa shape index (κ1) is 42.3. The first-order chi connectivity index (χ1) is 28.9. The maximum atomic E-state index is 13.4. The number of carbonyl (C=O) groups is 3. The lowest BCUT2D eigenvalue weighted by molar-refractivity contribution is -0.141. The number of imidazole rings is 1. The molecule has 14 nitrogen and oxygen atoms in total. The molecular formula is C44H52F3N9O5. The van der Waals surface area contributed by atoms with Gasteiger partial charge in [0.1, 0.15) is 17.4 Å². The van der Waals surface area contributed by atoms with E-state index in [0.717, 1.165) is 86.8 Å². The molecule has 3 N–H and O–H groups in total. The average Bonchev–Trinajstić information content (AvgIpc) is 3.75. The van der Waals surface area contributed by atoms with E-state index in [1.807, 2.05) is 29.1 Å². The van der Waals surface area contributed by atoms with Gasteiger partial charge >= 0.3 is 11.9 Å². The molecule has 5 heterocycles. The highest BCUT2D eigenvalue weighted by atomic mass is 19.4. The number of imide groups is 1. The van der Waals surface area contributed by atoms with Crippen molar-refractivity contribution in [1.82, 2.24) is 39.0 Å². The lowest BCUT2D eigenvalue weighted by atomic mass is 9.85. The zero-order valence-corrected chi connectivity index (χ0v) is 34.8. The summed E-state index contributed by atoms with van der Waals surface area (Å²) in [6, 6.07) is 12.4. The van der Waals surface area contributed by atoms with Crippen LogP contribution in [0.2, 0.25) is 0 Å². The highest BCUT2D eigenvalue weighted by molar-refractivity contribution is 6.04. The van der Waals surface area contributed by atoms with Crippen LogP contribution in [0.1, 0.15) is 105 Å². The normalized spacial score (nSPS) is 21.1. The van der Waals surface area contributed by atoms with E-state index < -0.39 is 35.3 Å². The van der Waals surface area contributed by atoms with Crippen molar-refractivity contribution >= 4 is 45.3 Å². The number of nitrogens with zero attached hydrogens (tertiary/aromatic N) is 7. The van der Waals surface area contributed by atoms with Crippen LogP contribution in [0.15, 0.2) is 59.5 Å². The molecule has 0 radical (unpaired) electrons. The Morgan fingerprint density at radius 3 is 2.39 bits per heavy atom. The Morgan fingerprint density at radius 1 is 0.984 bits per heavy atom. The number of rotatable bonds is 10. The topological polar surface area (TPSA) is 160 Å². The minimum atomic E-state index is -4.70. The second kappa shape index (κ2) is 16.5. The number of likely N-dealkylation sites (tertiary alicyclic amines) is 1. The van der Waals surface area contributed by atoms with Crippen LogP contribution < -0.4 is 16.3 Å². The summed E-state index contributed by atoms with van der Waals surface area (Å²) < 4.78 is 45.0. The van der Waals surface area contributed by atoms with Gasteiger partial charge in [-0.1, -0.05) is 18.2 Å². The number of fused-ring (bicyclic) bond motifs is 2. The van der Waals surface area contributed by atoms with E-state index in [1.165, 1.54) is 10.6 Å². The highest BCUT2D eigenvalue weighted by Gasteiger charge is 2.35. The fourth-order valence-electron chi connectivity index (χ4n) is 9.58. The lowest BCUT2D eigenvalue weighted by Crippen LogP contribution is -2.44. The summed E-state index contributed by atoms with van der Waals surface area (Å²) in [5.74, 6) is -1.02. The molecule has 0 spiro atoms. The average molecular weight is 844 g/mol. The van der Waals surface area contributed by atoms with Crippen molar-refractivity contribution in [1.29, 1.82) is 0 Å². The molecule has 61 heavy (non-hydrogen) atoms. The summed E-state index contributed by atoms with van der Waals surface area (Å²) >= 11 is 0. The number of piperidine rings is 2. The Labute approximate surface area is 350 Å². The molecule has 2 saturated heterocycles. The van der Waals surface area contributed by atoms with E-state index in [-0.39, 0.29) is 35.4 Å². The van der Waals surface area contributed by atoms with Crippen molar-refractivity contribution in [2.75, 3.05) is 32.0 Å². The molecule has 2 aliphatic heterocycles. The summed E-state index contributed by atoms with van der Waals surface area (Å²) in [5.41, 5.74) is 0.662. The standard InChI is InChI=1S/C44H52F3N9O5/c1-43(2,61)31-22-33-28(21-34(31)49-40(58)32-8-6-10-37(48-32)44(45,46)47)25-55(51-33)30-13-11-26(12-14-30)23-52(3)29-17-19-54(20-18-29)24-27-7-5-9-35-39(27)53(4)42(60)56(35)36-15-16-38(57)50-41(36)59/h5-10,21-22,25-26,29-30,36,61H,11-20,23-24H2,1-4H3,(H,49,58)(H,50,57,59)/t26-,30-,36?. The first-order valence-electron chi connectivity index (χ1n) is 21.0. The summed E-state index contributed by atoms with van der Waals surface area (Å²) in [7, 11) is 3.96. The number of aryl methyl sites for hydroxylation is 1. The molecule has 1 aliphatic carbocycles. The number of para-hydroxylation sites is 1. The van der Waals surface area contributed by atoms with Gasteiger partial charge in [0.05, 0.1) is 28.2 Å². The number of aromatic nitrogens is 5. The number of aliphatic hydroxyl groups is 1. The van der Waals surface area contributed by atoms with Gasteiger partial charge in [-0.2, -0.15) is 18.3 Å². The quantitative estimate of drug-likeness (QED) is 0.146. The minimum absolute atomic E-state index is 0.181. The van der Waals surface area contributed by atoms with E-state index >= 15 is 0 Å². The van der Waals surface area contributed by atoms with Crippen LogP contribution in [-0.4, -0.2) is 89.3 Å². The number of benzene rings is 2. The Bertz CT molecular complexity index is 2540. The molecule has 5 aromatic rings. The van der Waals surface area contributed by atoms with Crippen LogP contribution in [0.4, 0.5) is 18.9 Å². The van der Waals surface area contributed by atoms with Gasteiger partial charge < -0.3 is 15.3 Å². The van der Waals surface area contributed by atoms with Gasteiger partial charge in [-0.3, -0.25) is 38.4 Å². The number of amides is 3. The van der Waals surface area contributed by atoms with E-state index in [1.54, 1.807) is 37.6 Å². The van der Waals surface area contributed by atoms with Crippen LogP contribution >= 0.6 is 0 Å². The van der Waals surface area contributed by atoms with Gasteiger partial charge in [0.2, 0.25) is 11.8 Å². The number of nitrogens with one attached hydrogen (secondary N) is 2. The van der Waals surface area contributed by atoms with Crippen molar-refractivity contribution < 1.29 is 32.7 Å². The highest BCUT2D eigenvalue weighted by Crippen LogP contribution is 2.37. The van der Waals surface area contributed by atoms with Gasteiger partial charge in [0.15, 0.2) is 0 Å². The molecule has 0 bridgehead atoms. The maximum absolute atomic E-state index is 13.4. The van der Waals surface area contributed by atoms with Crippen molar-refractivity contribution in [2.45, 2.75) is 102 Å². The predicted octanol–water partition coefficient (Wildman–Crippen LogP) is 5.89. The summed E-state index contributed by atoms with van der Waals surface area (Å²) in [6.07, 6.45) is 3.79. The molecule has 3 aliphatic rings. The number of pyridine rings is 1. The van der Waals surface area contributed by atoms with Crippen molar-refractivity contribution in [2.24, 2.45) is 13.0 Å². The molecule has 1 atom stereocenters. The van der Waals surface area contributed by atoms with Crippen LogP contribution in [-0.2, 0) is 35.0 Å². The number of hydrogen-bond acceptors (Lipinski definition) is 9. The van der Waals surface area contributed by atoms with Crippen LogP contribution in [0, 0.1) is 5.92 Å². The van der Waals surface area contributed by atoms with Gasteiger partial charge in [0, 0.05) is 55.4 Å². The Hall–Kier alpha value is -5.39. The SMILES string of the molecule is CN(C[C@H]1CC[C@H](n2cc3cc(NC(=O)c4cccc(C(F)(F)F)n4)c(C(C)(C)O)cc3n2)CC1)C1CCN(Cc2cccc3c2n(C)c(=O)n3C2CCC(=O)NC2=O)CC1. The zero-order chi connectivity index (χ0) is 43.4. The Balaban J connectivity index is 0.860. The van der Waals surface area contributed by atoms with Gasteiger partial charge in [-0.15, -0.1) is 0 Å². The Kier molecular flexibility index (Phi) is 11.4. The largest absolute Gasteiger partial charge is 0.433 e. The van der Waals surface area contributed by atoms with Crippen LogP contribution in [0.3, 0.4) is 0 Å². The van der Waals surface area contributed by atoms with Gasteiger partial charge in [-0.05, 0) is 121 Å². The molecule has 17 heteroatoms. The number of hydrogen-bond donors (Lipinski definition) is 3. The summed E-state index contributed by atoms with van der Waals surface area (Å²) in [6.45, 7) is 6.70. The van der Waals surface area contributed by atoms with Crippen LogP contribution in [0.25, 0.3) is 21.9 Å². The van der Waals surface area contributed by atoms with Crippen LogP contribution in [0.5, 0.6) is 0 Å². The second-order valence-corrected chi connectivity index (χ2v) is 17.6. The number of carbonyl (C=O) groups excluding carboxylic acids is 3. The summed E-state index contributed by atoms with van der Waals surface area (Å²) in [5, 5.41) is 21.7. The molecule has 3 fully saturated rings. The number of halogens is 3. The maximum Gasteiger partial charge on any atom is 0.433 e. The van der Waals surface area contributed by atoms with Crippen molar-refractivity contribution in [3.05, 3.63) is 87.7 Å². The zero-order valence-electron chi connectivity index (χ0n) is 34.8. The molecule has 1 unspecified atom stereocenters. The molecule has 3 aromatic heterocycles. The third-order valence-corrected chi connectivity index (χ3v) is 12.9. The molecule has 3 amide bonds. The Morgan fingerprint density at radius 2 is 1.70 bits per heavy atom. The van der Waals surface area contributed by atoms with E-state index in [0.29, 0.717) is 41.5 Å². The van der Waals surface area contributed by atoms with E-state index in [9.17, 15) is 37.5 Å². The number of alkyl halides is 3. The van der Waals surface area contributed by atoms with Crippen molar-refractivity contribution in [3.63, 3.8) is 0 Å². The summed E-state index contributed by atoms with van der Waals surface area (Å²) in [4.78, 5) is 59.4. The molecule has 324 valence electrons. The van der Waals surface area contributed by atoms with E-state index in [2.05, 4.69) is 32.5 Å². The monoisotopic (exact) mass is 843 g/mol. The first-order valence-corrected chi connectivity index (χ1v) is 21.0.